The molecule has 0 bridgehead atoms. The van der Waals surface area contributed by atoms with Crippen LogP contribution in [0.1, 0.15) is 21.6 Å². The number of anilines is 1. The molecule has 0 saturated carbocycles. The topological polar surface area (TPSA) is 64.1 Å². The summed E-state index contributed by atoms with van der Waals surface area (Å²) in [5.41, 5.74) is 2.32. The van der Waals surface area contributed by atoms with Crippen molar-refractivity contribution in [2.24, 2.45) is 0 Å². The van der Waals surface area contributed by atoms with Crippen LogP contribution in [0.15, 0.2) is 28.7 Å². The second-order valence-electron chi connectivity index (χ2n) is 4.31. The predicted octanol–water partition coefficient (Wildman–Crippen LogP) is 3.12. The molecule has 0 saturated heterocycles. The number of methoxy groups -OCH3 is 1. The number of ether oxygens (including phenoxy) is 1. The molecule has 1 N–H and O–H groups in total. The van der Waals surface area contributed by atoms with Gasteiger partial charge in [0.15, 0.2) is 0 Å². The highest BCUT2D eigenvalue weighted by atomic mass is 79.9. The Morgan fingerprint density at radius 3 is 2.65 bits per heavy atom. The van der Waals surface area contributed by atoms with Gasteiger partial charge in [0.1, 0.15) is 0 Å². The van der Waals surface area contributed by atoms with Gasteiger partial charge < -0.3 is 4.74 Å². The van der Waals surface area contributed by atoms with Crippen LogP contribution in [0.4, 0.5) is 5.95 Å². The van der Waals surface area contributed by atoms with E-state index in [0.717, 1.165) is 15.7 Å². The lowest BCUT2D eigenvalue weighted by atomic mass is 10.1. The van der Waals surface area contributed by atoms with Crippen molar-refractivity contribution in [3.63, 3.8) is 0 Å². The van der Waals surface area contributed by atoms with Crippen LogP contribution >= 0.6 is 15.9 Å². The SMILES string of the molecule is COc1cc(C)nc(NC(=O)c2ccc(C)cc2Br)n1. The molecule has 20 heavy (non-hydrogen) atoms. The number of carbonyl (C=O) groups excluding carboxylic acids is 1. The smallest absolute Gasteiger partial charge is 0.259 e. The molecule has 104 valence electrons. The molecule has 0 fully saturated rings. The summed E-state index contributed by atoms with van der Waals surface area (Å²) in [5, 5.41) is 2.66. The Kier molecular flexibility index (Phi) is 4.34. The van der Waals surface area contributed by atoms with Crippen molar-refractivity contribution < 1.29 is 9.53 Å². The Labute approximate surface area is 125 Å². The first-order valence-electron chi connectivity index (χ1n) is 5.97. The molecule has 0 unspecified atom stereocenters. The number of benzene rings is 1. The summed E-state index contributed by atoms with van der Waals surface area (Å²) in [6.45, 7) is 3.77. The maximum Gasteiger partial charge on any atom is 0.259 e. The average Bonchev–Trinajstić information content (AvgIpc) is 2.37. The lowest BCUT2D eigenvalue weighted by Gasteiger charge is -2.08. The second-order valence-corrected chi connectivity index (χ2v) is 5.17. The van der Waals surface area contributed by atoms with Crippen molar-refractivity contribution in [3.05, 3.63) is 45.6 Å². The number of hydrogen-bond acceptors (Lipinski definition) is 4. The quantitative estimate of drug-likeness (QED) is 0.935. The Hall–Kier alpha value is -1.95. The first-order chi connectivity index (χ1) is 9.49. The van der Waals surface area contributed by atoms with Gasteiger partial charge in [-0.15, -0.1) is 0 Å². The van der Waals surface area contributed by atoms with Crippen molar-refractivity contribution in [3.8, 4) is 5.88 Å². The average molecular weight is 336 g/mol. The Morgan fingerprint density at radius 1 is 1.25 bits per heavy atom. The zero-order valence-corrected chi connectivity index (χ0v) is 13.0. The molecule has 1 aromatic carbocycles. The molecule has 0 aliphatic carbocycles. The highest BCUT2D eigenvalue weighted by Gasteiger charge is 2.12. The van der Waals surface area contributed by atoms with E-state index in [9.17, 15) is 4.79 Å². The van der Waals surface area contributed by atoms with E-state index in [1.165, 1.54) is 7.11 Å². The summed E-state index contributed by atoms with van der Waals surface area (Å²) in [6.07, 6.45) is 0. The predicted molar refractivity (Wildman–Crippen MR) is 80.2 cm³/mol. The van der Waals surface area contributed by atoms with E-state index < -0.39 is 0 Å². The summed E-state index contributed by atoms with van der Waals surface area (Å²) in [7, 11) is 1.52. The summed E-state index contributed by atoms with van der Waals surface area (Å²) in [4.78, 5) is 20.4. The maximum absolute atomic E-state index is 12.2. The zero-order valence-electron chi connectivity index (χ0n) is 11.4. The lowest BCUT2D eigenvalue weighted by molar-refractivity contribution is 0.102. The van der Waals surface area contributed by atoms with Crippen LogP contribution in [-0.2, 0) is 0 Å². The molecule has 0 radical (unpaired) electrons. The van der Waals surface area contributed by atoms with E-state index >= 15 is 0 Å². The van der Waals surface area contributed by atoms with Gasteiger partial charge in [-0.25, -0.2) is 4.98 Å². The molecule has 0 atom stereocenters. The molecule has 1 amide bonds. The van der Waals surface area contributed by atoms with Crippen molar-refractivity contribution in [2.45, 2.75) is 13.8 Å². The fourth-order valence-electron chi connectivity index (χ4n) is 1.67. The standard InChI is InChI=1S/C14H14BrN3O2/c1-8-4-5-10(11(15)6-8)13(19)18-14-16-9(2)7-12(17-14)20-3/h4-7H,1-3H3,(H,16,17,18,19). The van der Waals surface area contributed by atoms with E-state index in [-0.39, 0.29) is 11.9 Å². The minimum Gasteiger partial charge on any atom is -0.481 e. The number of amides is 1. The van der Waals surface area contributed by atoms with Crippen LogP contribution in [-0.4, -0.2) is 23.0 Å². The Morgan fingerprint density at radius 2 is 2.00 bits per heavy atom. The van der Waals surface area contributed by atoms with Crippen LogP contribution in [0.3, 0.4) is 0 Å². The van der Waals surface area contributed by atoms with Gasteiger partial charge in [0.25, 0.3) is 5.91 Å². The van der Waals surface area contributed by atoms with Gasteiger partial charge in [0.2, 0.25) is 11.8 Å². The minimum atomic E-state index is -0.274. The molecule has 0 spiro atoms. The molecule has 2 aromatic rings. The van der Waals surface area contributed by atoms with Crippen molar-refractivity contribution in [1.29, 1.82) is 0 Å². The van der Waals surface area contributed by atoms with E-state index in [1.54, 1.807) is 12.1 Å². The van der Waals surface area contributed by atoms with E-state index in [0.29, 0.717) is 11.4 Å². The summed E-state index contributed by atoms with van der Waals surface area (Å²) in [6, 6.07) is 7.20. The first-order valence-corrected chi connectivity index (χ1v) is 6.76. The highest BCUT2D eigenvalue weighted by Crippen LogP contribution is 2.20. The van der Waals surface area contributed by atoms with E-state index in [2.05, 4.69) is 31.2 Å². The Bertz CT molecular complexity index is 659. The molecule has 6 heteroatoms. The summed E-state index contributed by atoms with van der Waals surface area (Å²) >= 11 is 3.38. The number of rotatable bonds is 3. The molecule has 0 aliphatic rings. The summed E-state index contributed by atoms with van der Waals surface area (Å²) in [5.74, 6) is 0.361. The molecule has 1 aromatic heterocycles. The van der Waals surface area contributed by atoms with Gasteiger partial charge in [-0.2, -0.15) is 4.98 Å². The maximum atomic E-state index is 12.2. The van der Waals surface area contributed by atoms with Crippen LogP contribution in [0, 0.1) is 13.8 Å². The molecular weight excluding hydrogens is 322 g/mol. The van der Waals surface area contributed by atoms with Gasteiger partial charge in [0.05, 0.1) is 12.7 Å². The third kappa shape index (κ3) is 3.33. The van der Waals surface area contributed by atoms with E-state index in [4.69, 9.17) is 4.74 Å². The fourth-order valence-corrected chi connectivity index (χ4v) is 2.35. The van der Waals surface area contributed by atoms with Gasteiger partial charge in [-0.1, -0.05) is 6.07 Å². The normalized spacial score (nSPS) is 10.2. The molecular formula is C14H14BrN3O2. The number of nitrogens with zero attached hydrogens (tertiary/aromatic N) is 2. The fraction of sp³-hybridized carbons (Fsp3) is 0.214. The van der Waals surface area contributed by atoms with E-state index in [1.807, 2.05) is 26.0 Å². The van der Waals surface area contributed by atoms with Gasteiger partial charge in [-0.3, -0.25) is 10.1 Å². The third-order valence-corrected chi connectivity index (χ3v) is 3.29. The second kappa shape index (κ2) is 6.00. The van der Waals surface area contributed by atoms with Crippen LogP contribution in [0.5, 0.6) is 5.88 Å². The van der Waals surface area contributed by atoms with Crippen LogP contribution < -0.4 is 10.1 Å². The minimum absolute atomic E-state index is 0.222. The number of halogens is 1. The van der Waals surface area contributed by atoms with Gasteiger partial charge >= 0.3 is 0 Å². The monoisotopic (exact) mass is 335 g/mol. The number of carbonyl (C=O) groups is 1. The lowest BCUT2D eigenvalue weighted by Crippen LogP contribution is -2.15. The highest BCUT2D eigenvalue weighted by molar-refractivity contribution is 9.10. The van der Waals surface area contributed by atoms with Gasteiger partial charge in [-0.05, 0) is 47.5 Å². The van der Waals surface area contributed by atoms with Crippen LogP contribution in [0.25, 0.3) is 0 Å². The van der Waals surface area contributed by atoms with Crippen molar-refractivity contribution in [2.75, 3.05) is 12.4 Å². The molecule has 0 aliphatic heterocycles. The van der Waals surface area contributed by atoms with Crippen molar-refractivity contribution >= 4 is 27.8 Å². The van der Waals surface area contributed by atoms with Gasteiger partial charge in [0, 0.05) is 16.2 Å². The molecule has 2 rings (SSSR count). The number of nitrogens with one attached hydrogen (secondary N) is 1. The summed E-state index contributed by atoms with van der Waals surface area (Å²) < 4.78 is 5.78. The largest absolute Gasteiger partial charge is 0.481 e. The number of aromatic nitrogens is 2. The van der Waals surface area contributed by atoms with Crippen LogP contribution in [0.2, 0.25) is 0 Å². The molecule has 5 nitrogen and oxygen atoms in total. The Balaban J connectivity index is 2.25. The first kappa shape index (κ1) is 14.5. The number of aryl methyl sites for hydroxylation is 2. The number of hydrogen-bond donors (Lipinski definition) is 1. The van der Waals surface area contributed by atoms with Crippen molar-refractivity contribution in [1.82, 2.24) is 9.97 Å². The third-order valence-electron chi connectivity index (χ3n) is 2.63. The molecule has 1 heterocycles. The zero-order chi connectivity index (χ0) is 14.7.